The van der Waals surface area contributed by atoms with Gasteiger partial charge >= 0.3 is 0 Å². The predicted molar refractivity (Wildman–Crippen MR) is 74.9 cm³/mol. The molecule has 0 radical (unpaired) electrons. The molecule has 1 aromatic carbocycles. The Morgan fingerprint density at radius 3 is 2.85 bits per heavy atom. The Morgan fingerprint density at radius 1 is 1.40 bits per heavy atom. The van der Waals surface area contributed by atoms with E-state index in [0.717, 1.165) is 31.2 Å². The van der Waals surface area contributed by atoms with Gasteiger partial charge in [-0.1, -0.05) is 25.0 Å². The number of hydrogen-bond acceptors (Lipinski definition) is 4. The van der Waals surface area contributed by atoms with Crippen LogP contribution in [-0.2, 0) is 11.3 Å². The molecule has 1 aliphatic carbocycles. The van der Waals surface area contributed by atoms with E-state index in [-0.39, 0.29) is 23.6 Å². The van der Waals surface area contributed by atoms with Gasteiger partial charge in [-0.2, -0.15) is 0 Å². The van der Waals surface area contributed by atoms with Gasteiger partial charge in [-0.25, -0.2) is 0 Å². The van der Waals surface area contributed by atoms with E-state index < -0.39 is 4.92 Å². The highest BCUT2D eigenvalue weighted by atomic mass is 16.6. The second kappa shape index (κ2) is 6.47. The van der Waals surface area contributed by atoms with Crippen LogP contribution in [0.4, 0.5) is 5.69 Å². The van der Waals surface area contributed by atoms with E-state index in [0.29, 0.717) is 6.54 Å². The summed E-state index contributed by atoms with van der Waals surface area (Å²) in [6.07, 6.45) is 3.85. The lowest BCUT2D eigenvalue weighted by molar-refractivity contribution is -0.384. The van der Waals surface area contributed by atoms with Crippen LogP contribution in [0.3, 0.4) is 0 Å². The van der Waals surface area contributed by atoms with Gasteiger partial charge in [0.2, 0.25) is 5.91 Å². The molecule has 2 atom stereocenters. The summed E-state index contributed by atoms with van der Waals surface area (Å²) >= 11 is 0. The average molecular weight is 277 g/mol. The molecule has 0 heterocycles. The SMILES string of the molecule is NC(=O)[C@@H]1CCCC[C@@H]1NCc1cccc([N+](=O)[O-])c1. The van der Waals surface area contributed by atoms with Crippen LogP contribution < -0.4 is 11.1 Å². The number of nitro benzene ring substituents is 1. The van der Waals surface area contributed by atoms with Crippen molar-refractivity contribution in [2.75, 3.05) is 0 Å². The zero-order valence-electron chi connectivity index (χ0n) is 11.2. The lowest BCUT2D eigenvalue weighted by Gasteiger charge is -2.30. The number of nitrogens with zero attached hydrogens (tertiary/aromatic N) is 1. The minimum absolute atomic E-state index is 0.0699. The maximum Gasteiger partial charge on any atom is 0.269 e. The summed E-state index contributed by atoms with van der Waals surface area (Å²) in [4.78, 5) is 21.7. The molecule has 0 saturated heterocycles. The highest BCUT2D eigenvalue weighted by molar-refractivity contribution is 5.77. The molecule has 6 nitrogen and oxygen atoms in total. The molecule has 3 N–H and O–H groups in total. The third-order valence-corrected chi connectivity index (χ3v) is 3.82. The van der Waals surface area contributed by atoms with Crippen molar-refractivity contribution in [3.8, 4) is 0 Å². The fourth-order valence-electron chi connectivity index (χ4n) is 2.74. The van der Waals surface area contributed by atoms with Gasteiger partial charge in [0, 0.05) is 24.7 Å². The average Bonchev–Trinajstić information content (AvgIpc) is 2.45. The summed E-state index contributed by atoms with van der Waals surface area (Å²) in [6, 6.07) is 6.59. The van der Waals surface area contributed by atoms with Crippen LogP contribution in [0.2, 0.25) is 0 Å². The first-order valence-corrected chi connectivity index (χ1v) is 6.84. The van der Waals surface area contributed by atoms with Crippen LogP contribution in [-0.4, -0.2) is 16.9 Å². The number of hydrogen-bond donors (Lipinski definition) is 2. The van der Waals surface area contributed by atoms with Crippen molar-refractivity contribution in [1.29, 1.82) is 0 Å². The van der Waals surface area contributed by atoms with Gasteiger partial charge in [-0.05, 0) is 18.4 Å². The minimum Gasteiger partial charge on any atom is -0.369 e. The summed E-state index contributed by atoms with van der Waals surface area (Å²) in [5.41, 5.74) is 6.35. The molecule has 0 aromatic heterocycles. The third-order valence-electron chi connectivity index (χ3n) is 3.82. The van der Waals surface area contributed by atoms with Gasteiger partial charge in [0.25, 0.3) is 5.69 Å². The first-order chi connectivity index (χ1) is 9.58. The molecule has 6 heteroatoms. The van der Waals surface area contributed by atoms with E-state index >= 15 is 0 Å². The summed E-state index contributed by atoms with van der Waals surface area (Å²) in [7, 11) is 0. The summed E-state index contributed by atoms with van der Waals surface area (Å²) < 4.78 is 0. The van der Waals surface area contributed by atoms with Gasteiger partial charge in [0.1, 0.15) is 0 Å². The number of nitrogens with two attached hydrogens (primary N) is 1. The van der Waals surface area contributed by atoms with Crippen LogP contribution in [0.1, 0.15) is 31.2 Å². The van der Waals surface area contributed by atoms with Crippen molar-refractivity contribution >= 4 is 11.6 Å². The van der Waals surface area contributed by atoms with Crippen molar-refractivity contribution in [2.24, 2.45) is 11.7 Å². The Labute approximate surface area is 117 Å². The Kier molecular flexibility index (Phi) is 4.68. The number of carbonyl (C=O) groups excluding carboxylic acids is 1. The van der Waals surface area contributed by atoms with Crippen molar-refractivity contribution in [1.82, 2.24) is 5.32 Å². The highest BCUT2D eigenvalue weighted by Gasteiger charge is 2.28. The van der Waals surface area contributed by atoms with Crippen LogP contribution in [0.25, 0.3) is 0 Å². The second-order valence-corrected chi connectivity index (χ2v) is 5.21. The number of carbonyl (C=O) groups is 1. The van der Waals surface area contributed by atoms with E-state index in [2.05, 4.69) is 5.32 Å². The molecule has 1 saturated carbocycles. The fraction of sp³-hybridized carbons (Fsp3) is 0.500. The van der Waals surface area contributed by atoms with Crippen LogP contribution >= 0.6 is 0 Å². The maximum atomic E-state index is 11.4. The largest absolute Gasteiger partial charge is 0.369 e. The quantitative estimate of drug-likeness (QED) is 0.632. The van der Waals surface area contributed by atoms with E-state index in [1.54, 1.807) is 12.1 Å². The van der Waals surface area contributed by atoms with Crippen LogP contribution in [0, 0.1) is 16.0 Å². The Bertz CT molecular complexity index is 504. The van der Waals surface area contributed by atoms with Crippen molar-refractivity contribution < 1.29 is 9.72 Å². The van der Waals surface area contributed by atoms with E-state index in [1.807, 2.05) is 6.07 Å². The Balaban J connectivity index is 1.98. The zero-order valence-corrected chi connectivity index (χ0v) is 11.2. The Hall–Kier alpha value is -1.95. The lowest BCUT2D eigenvalue weighted by atomic mass is 9.84. The molecule has 0 bridgehead atoms. The smallest absolute Gasteiger partial charge is 0.269 e. The normalized spacial score (nSPS) is 22.4. The maximum absolute atomic E-state index is 11.4. The molecule has 108 valence electrons. The van der Waals surface area contributed by atoms with Gasteiger partial charge in [0.05, 0.1) is 10.8 Å². The van der Waals surface area contributed by atoms with E-state index in [9.17, 15) is 14.9 Å². The zero-order chi connectivity index (χ0) is 14.5. The number of nitrogens with one attached hydrogen (secondary N) is 1. The molecule has 1 aliphatic rings. The van der Waals surface area contributed by atoms with Crippen LogP contribution in [0.15, 0.2) is 24.3 Å². The van der Waals surface area contributed by atoms with Crippen LogP contribution in [0.5, 0.6) is 0 Å². The van der Waals surface area contributed by atoms with Crippen molar-refractivity contribution in [3.05, 3.63) is 39.9 Å². The highest BCUT2D eigenvalue weighted by Crippen LogP contribution is 2.24. The number of primary amides is 1. The van der Waals surface area contributed by atoms with E-state index in [1.165, 1.54) is 6.07 Å². The predicted octanol–water partition coefficient (Wildman–Crippen LogP) is 1.73. The Morgan fingerprint density at radius 2 is 2.15 bits per heavy atom. The first kappa shape index (κ1) is 14.5. The number of benzene rings is 1. The molecule has 1 aromatic rings. The third kappa shape index (κ3) is 3.54. The number of nitro groups is 1. The molecular weight excluding hydrogens is 258 g/mol. The molecule has 1 amide bonds. The molecule has 1 fully saturated rings. The van der Waals surface area contributed by atoms with Gasteiger partial charge in [0.15, 0.2) is 0 Å². The topological polar surface area (TPSA) is 98.3 Å². The fourth-order valence-corrected chi connectivity index (χ4v) is 2.74. The summed E-state index contributed by atoms with van der Waals surface area (Å²) in [6.45, 7) is 0.510. The van der Waals surface area contributed by atoms with Gasteiger partial charge < -0.3 is 11.1 Å². The van der Waals surface area contributed by atoms with Crippen molar-refractivity contribution in [2.45, 2.75) is 38.3 Å². The van der Waals surface area contributed by atoms with Crippen molar-refractivity contribution in [3.63, 3.8) is 0 Å². The van der Waals surface area contributed by atoms with Gasteiger partial charge in [-0.3, -0.25) is 14.9 Å². The molecular formula is C14H19N3O3. The molecule has 2 rings (SSSR count). The standard InChI is InChI=1S/C14H19N3O3/c15-14(18)12-6-1-2-7-13(12)16-9-10-4-3-5-11(8-10)17(19)20/h3-5,8,12-13,16H,1-2,6-7,9H2,(H2,15,18)/t12-,13+/m1/s1. The summed E-state index contributed by atoms with van der Waals surface area (Å²) in [5, 5.41) is 14.0. The van der Waals surface area contributed by atoms with Gasteiger partial charge in [-0.15, -0.1) is 0 Å². The molecule has 0 spiro atoms. The number of amides is 1. The number of rotatable bonds is 5. The monoisotopic (exact) mass is 277 g/mol. The summed E-state index contributed by atoms with van der Waals surface area (Å²) in [5.74, 6) is -0.399. The molecule has 20 heavy (non-hydrogen) atoms. The lowest BCUT2D eigenvalue weighted by Crippen LogP contribution is -2.44. The second-order valence-electron chi connectivity index (χ2n) is 5.21. The molecule has 0 unspecified atom stereocenters. The molecule has 0 aliphatic heterocycles. The van der Waals surface area contributed by atoms with E-state index in [4.69, 9.17) is 5.73 Å². The number of non-ortho nitro benzene ring substituents is 1. The minimum atomic E-state index is -0.406. The first-order valence-electron chi connectivity index (χ1n) is 6.84.